The average Bonchev–Trinajstić information content (AvgIpc) is 2.69. The van der Waals surface area contributed by atoms with E-state index in [0.717, 1.165) is 6.42 Å². The molecule has 1 aromatic heterocycles. The van der Waals surface area contributed by atoms with Crippen molar-refractivity contribution in [2.75, 3.05) is 6.61 Å². The van der Waals surface area contributed by atoms with Crippen molar-refractivity contribution in [3.63, 3.8) is 0 Å². The van der Waals surface area contributed by atoms with Gasteiger partial charge in [-0.05, 0) is 26.2 Å². The largest absolute Gasteiger partial charge is 0.480 e. The van der Waals surface area contributed by atoms with Crippen LogP contribution in [0.1, 0.15) is 31.0 Å². The Kier molecular flexibility index (Phi) is 3.79. The number of hydrogen-bond donors (Lipinski definition) is 2. The van der Waals surface area contributed by atoms with E-state index in [1.54, 1.807) is 6.92 Å². The monoisotopic (exact) mass is 269 g/mol. The number of aliphatic carboxylic acids is 1. The van der Waals surface area contributed by atoms with Gasteiger partial charge >= 0.3 is 5.97 Å². The van der Waals surface area contributed by atoms with Gasteiger partial charge in [0.25, 0.3) is 5.89 Å². The number of aryl methyl sites for hydroxylation is 1. The first-order valence-corrected chi connectivity index (χ1v) is 5.93. The van der Waals surface area contributed by atoms with Crippen LogP contribution in [0.2, 0.25) is 0 Å². The number of aromatic nitrogens is 2. The molecule has 1 aliphatic rings. The lowest BCUT2D eigenvalue weighted by molar-refractivity contribution is -0.152. The van der Waals surface area contributed by atoms with Crippen LogP contribution in [-0.4, -0.2) is 39.3 Å². The Morgan fingerprint density at radius 1 is 1.53 bits per heavy atom. The van der Waals surface area contributed by atoms with E-state index in [1.165, 1.54) is 0 Å². The van der Waals surface area contributed by atoms with Crippen molar-refractivity contribution in [1.29, 1.82) is 0 Å². The van der Waals surface area contributed by atoms with Crippen LogP contribution in [0.5, 0.6) is 0 Å². The molecule has 0 aromatic carbocycles. The molecule has 0 radical (unpaired) electrons. The van der Waals surface area contributed by atoms with E-state index in [1.807, 2.05) is 0 Å². The maximum absolute atomic E-state index is 11.6. The van der Waals surface area contributed by atoms with Gasteiger partial charge in [-0.2, -0.15) is 4.98 Å². The second kappa shape index (κ2) is 5.35. The van der Waals surface area contributed by atoms with E-state index >= 15 is 0 Å². The molecule has 1 saturated carbocycles. The molecule has 1 aliphatic carbocycles. The summed E-state index contributed by atoms with van der Waals surface area (Å²) in [5.74, 6) is -0.692. The first-order valence-electron chi connectivity index (χ1n) is 5.93. The minimum atomic E-state index is -1.11. The zero-order valence-electron chi connectivity index (χ0n) is 10.5. The Labute approximate surface area is 109 Å². The highest BCUT2D eigenvalue weighted by molar-refractivity contribution is 5.88. The van der Waals surface area contributed by atoms with Gasteiger partial charge < -0.3 is 19.7 Å². The van der Waals surface area contributed by atoms with Crippen LogP contribution >= 0.6 is 0 Å². The molecule has 104 valence electrons. The summed E-state index contributed by atoms with van der Waals surface area (Å²) in [7, 11) is 0. The number of carbonyl (C=O) groups is 2. The van der Waals surface area contributed by atoms with Gasteiger partial charge in [-0.25, -0.2) is 4.79 Å². The number of carboxylic acids is 1. The summed E-state index contributed by atoms with van der Waals surface area (Å²) >= 11 is 0. The summed E-state index contributed by atoms with van der Waals surface area (Å²) in [5.41, 5.74) is -1.11. The molecule has 0 atom stereocenters. The summed E-state index contributed by atoms with van der Waals surface area (Å²) in [6.45, 7) is 1.46. The lowest BCUT2D eigenvalue weighted by atomic mass is 9.77. The van der Waals surface area contributed by atoms with Gasteiger partial charge in [0.2, 0.25) is 5.91 Å². The molecule has 2 rings (SSSR count). The van der Waals surface area contributed by atoms with Crippen molar-refractivity contribution in [3.05, 3.63) is 11.7 Å². The Morgan fingerprint density at radius 3 is 2.74 bits per heavy atom. The van der Waals surface area contributed by atoms with Crippen molar-refractivity contribution in [2.24, 2.45) is 0 Å². The van der Waals surface area contributed by atoms with E-state index in [9.17, 15) is 9.59 Å². The molecule has 1 amide bonds. The molecular formula is C11H15N3O5. The van der Waals surface area contributed by atoms with E-state index < -0.39 is 17.4 Å². The smallest absolute Gasteiger partial charge is 0.329 e. The highest BCUT2D eigenvalue weighted by Crippen LogP contribution is 2.31. The molecule has 8 nitrogen and oxygen atoms in total. The number of nitrogens with one attached hydrogen (secondary N) is 1. The maximum Gasteiger partial charge on any atom is 0.329 e. The summed E-state index contributed by atoms with van der Waals surface area (Å²) in [5, 5.41) is 15.1. The summed E-state index contributed by atoms with van der Waals surface area (Å²) < 4.78 is 9.89. The molecular weight excluding hydrogens is 254 g/mol. The van der Waals surface area contributed by atoms with Crippen LogP contribution in [0.25, 0.3) is 0 Å². The van der Waals surface area contributed by atoms with Crippen LogP contribution in [0, 0.1) is 6.92 Å². The molecule has 1 heterocycles. The molecule has 1 aromatic rings. The molecule has 0 unspecified atom stereocenters. The van der Waals surface area contributed by atoms with Crippen molar-refractivity contribution < 1.29 is 24.0 Å². The second-order valence-corrected chi connectivity index (χ2v) is 4.52. The normalized spacial score (nSPS) is 16.7. The van der Waals surface area contributed by atoms with Gasteiger partial charge in [-0.3, -0.25) is 4.79 Å². The third kappa shape index (κ3) is 3.08. The summed E-state index contributed by atoms with van der Waals surface area (Å²) in [6.07, 6.45) is 1.71. The third-order valence-electron chi connectivity index (χ3n) is 3.02. The number of carboxylic acid groups (broad SMARTS) is 1. The molecule has 2 N–H and O–H groups in total. The number of hydrogen-bond acceptors (Lipinski definition) is 6. The minimum Gasteiger partial charge on any atom is -0.480 e. The lowest BCUT2D eigenvalue weighted by Gasteiger charge is -2.38. The predicted octanol–water partition coefficient (Wildman–Crippen LogP) is 0.0181. The lowest BCUT2D eigenvalue weighted by Crippen LogP contribution is -2.59. The van der Waals surface area contributed by atoms with E-state index in [0.29, 0.717) is 18.7 Å². The number of carbonyl (C=O) groups excluding carboxylic acids is 1. The first-order chi connectivity index (χ1) is 9.02. The van der Waals surface area contributed by atoms with Crippen LogP contribution in [0.3, 0.4) is 0 Å². The van der Waals surface area contributed by atoms with Gasteiger partial charge in [-0.15, -0.1) is 0 Å². The summed E-state index contributed by atoms with van der Waals surface area (Å²) in [4.78, 5) is 26.5. The van der Waals surface area contributed by atoms with Gasteiger partial charge in [0.15, 0.2) is 5.82 Å². The third-order valence-corrected chi connectivity index (χ3v) is 3.02. The van der Waals surface area contributed by atoms with Gasteiger partial charge in [0.1, 0.15) is 18.8 Å². The van der Waals surface area contributed by atoms with Crippen LogP contribution in [0.4, 0.5) is 0 Å². The van der Waals surface area contributed by atoms with Crippen LogP contribution in [-0.2, 0) is 20.9 Å². The SMILES string of the molecule is Cc1noc(COCC(=O)NC2(C(=O)O)CCC2)n1. The molecule has 0 aliphatic heterocycles. The molecule has 19 heavy (non-hydrogen) atoms. The molecule has 0 bridgehead atoms. The van der Waals surface area contributed by atoms with E-state index in [4.69, 9.17) is 14.4 Å². The van der Waals surface area contributed by atoms with Gasteiger partial charge in [-0.1, -0.05) is 5.16 Å². The molecule has 1 fully saturated rings. The number of ether oxygens (including phenoxy) is 1. The minimum absolute atomic E-state index is 0.0222. The Bertz CT molecular complexity index is 480. The Hall–Kier alpha value is -1.96. The van der Waals surface area contributed by atoms with Gasteiger partial charge in [0.05, 0.1) is 0 Å². The molecule has 8 heteroatoms. The first kappa shape index (κ1) is 13.5. The second-order valence-electron chi connectivity index (χ2n) is 4.52. The fraction of sp³-hybridized carbons (Fsp3) is 0.636. The standard InChI is InChI=1S/C11H15N3O5/c1-7-12-9(19-14-7)6-18-5-8(15)13-11(10(16)17)3-2-4-11/h2-6H2,1H3,(H,13,15)(H,16,17). The topological polar surface area (TPSA) is 115 Å². The van der Waals surface area contributed by atoms with E-state index in [2.05, 4.69) is 15.5 Å². The zero-order valence-corrected chi connectivity index (χ0v) is 10.5. The number of amides is 1. The molecule has 0 saturated heterocycles. The van der Waals surface area contributed by atoms with Crippen molar-refractivity contribution in [2.45, 2.75) is 38.3 Å². The van der Waals surface area contributed by atoms with Crippen molar-refractivity contribution >= 4 is 11.9 Å². The Morgan fingerprint density at radius 2 is 2.26 bits per heavy atom. The number of nitrogens with zero attached hydrogens (tertiary/aromatic N) is 2. The van der Waals surface area contributed by atoms with Gasteiger partial charge in [0, 0.05) is 0 Å². The fourth-order valence-electron chi connectivity index (χ4n) is 1.86. The maximum atomic E-state index is 11.6. The highest BCUT2D eigenvalue weighted by atomic mass is 16.5. The van der Waals surface area contributed by atoms with Crippen molar-refractivity contribution in [3.8, 4) is 0 Å². The van der Waals surface area contributed by atoms with Crippen LogP contribution < -0.4 is 5.32 Å². The fourth-order valence-corrected chi connectivity index (χ4v) is 1.86. The quantitative estimate of drug-likeness (QED) is 0.747. The average molecular weight is 269 g/mol. The molecule has 0 spiro atoms. The predicted molar refractivity (Wildman–Crippen MR) is 61.1 cm³/mol. The zero-order chi connectivity index (χ0) is 13.9. The number of rotatable bonds is 6. The Balaban J connectivity index is 1.74. The van der Waals surface area contributed by atoms with E-state index in [-0.39, 0.29) is 19.1 Å². The summed E-state index contributed by atoms with van der Waals surface area (Å²) in [6, 6.07) is 0. The van der Waals surface area contributed by atoms with Crippen LogP contribution in [0.15, 0.2) is 4.52 Å². The highest BCUT2D eigenvalue weighted by Gasteiger charge is 2.45. The van der Waals surface area contributed by atoms with Crippen molar-refractivity contribution in [1.82, 2.24) is 15.5 Å².